The van der Waals surface area contributed by atoms with Gasteiger partial charge >= 0.3 is 0 Å². The fourth-order valence-corrected chi connectivity index (χ4v) is 5.34. The average Bonchev–Trinajstić information content (AvgIpc) is 2.94. The third-order valence-corrected chi connectivity index (χ3v) is 7.13. The molecular formula is C17H16N2O5S3. The van der Waals surface area contributed by atoms with Crippen molar-refractivity contribution in [2.45, 2.75) is 10.6 Å². The van der Waals surface area contributed by atoms with Gasteiger partial charge in [0.15, 0.2) is 24.8 Å². The Balaban J connectivity index is 1.72. The summed E-state index contributed by atoms with van der Waals surface area (Å²) in [6.45, 7) is 0. The SMILES string of the molecule is CS(=O)(=O)c1ccc2nc(NC(=O)CS(=O)(=O)Cc3ccccc3)sc2c1. The van der Waals surface area contributed by atoms with Gasteiger partial charge in [0, 0.05) is 6.26 Å². The molecule has 1 amide bonds. The summed E-state index contributed by atoms with van der Waals surface area (Å²) in [4.78, 5) is 16.4. The highest BCUT2D eigenvalue weighted by atomic mass is 32.2. The number of nitrogens with zero attached hydrogens (tertiary/aromatic N) is 1. The Labute approximate surface area is 160 Å². The molecule has 0 saturated carbocycles. The second kappa shape index (κ2) is 7.37. The van der Waals surface area contributed by atoms with Gasteiger partial charge < -0.3 is 5.32 Å². The Morgan fingerprint density at radius 1 is 1.07 bits per heavy atom. The summed E-state index contributed by atoms with van der Waals surface area (Å²) < 4.78 is 48.2. The normalized spacial score (nSPS) is 12.2. The molecule has 0 aliphatic rings. The maximum absolute atomic E-state index is 12.2. The molecule has 142 valence electrons. The Hall–Kier alpha value is -2.30. The van der Waals surface area contributed by atoms with Gasteiger partial charge in [-0.15, -0.1) is 0 Å². The van der Waals surface area contributed by atoms with Crippen LogP contribution >= 0.6 is 11.3 Å². The molecular weight excluding hydrogens is 408 g/mol. The molecule has 0 atom stereocenters. The fourth-order valence-electron chi connectivity index (χ4n) is 2.42. The van der Waals surface area contributed by atoms with Crippen molar-refractivity contribution in [1.29, 1.82) is 0 Å². The first-order valence-electron chi connectivity index (χ1n) is 7.77. The molecule has 0 spiro atoms. The van der Waals surface area contributed by atoms with E-state index in [9.17, 15) is 21.6 Å². The standard InChI is InChI=1S/C17H16N2O5S3/c1-26(21,22)13-7-8-14-15(9-13)25-17(18-14)19-16(20)11-27(23,24)10-12-5-3-2-4-6-12/h2-9H,10-11H2,1H3,(H,18,19,20). The number of hydrogen-bond acceptors (Lipinski definition) is 7. The molecule has 0 aliphatic carbocycles. The summed E-state index contributed by atoms with van der Waals surface area (Å²) >= 11 is 1.08. The van der Waals surface area contributed by atoms with Gasteiger partial charge in [-0.1, -0.05) is 41.7 Å². The van der Waals surface area contributed by atoms with Gasteiger partial charge in [-0.2, -0.15) is 0 Å². The third kappa shape index (κ3) is 5.12. The maximum atomic E-state index is 12.2. The van der Waals surface area contributed by atoms with Crippen molar-refractivity contribution in [3.63, 3.8) is 0 Å². The van der Waals surface area contributed by atoms with Crippen LogP contribution in [0.25, 0.3) is 10.2 Å². The first-order chi connectivity index (χ1) is 12.6. The van der Waals surface area contributed by atoms with Crippen LogP contribution in [0.15, 0.2) is 53.4 Å². The van der Waals surface area contributed by atoms with Crippen LogP contribution in [0.5, 0.6) is 0 Å². The molecule has 27 heavy (non-hydrogen) atoms. The van der Waals surface area contributed by atoms with E-state index >= 15 is 0 Å². The van der Waals surface area contributed by atoms with E-state index in [4.69, 9.17) is 0 Å². The Morgan fingerprint density at radius 2 is 1.78 bits per heavy atom. The van der Waals surface area contributed by atoms with Gasteiger partial charge in [-0.3, -0.25) is 4.79 Å². The summed E-state index contributed by atoms with van der Waals surface area (Å²) in [6, 6.07) is 13.1. The number of carbonyl (C=O) groups is 1. The lowest BCUT2D eigenvalue weighted by atomic mass is 10.2. The van der Waals surface area contributed by atoms with E-state index in [-0.39, 0.29) is 15.8 Å². The van der Waals surface area contributed by atoms with Crippen LogP contribution < -0.4 is 5.32 Å². The van der Waals surface area contributed by atoms with E-state index < -0.39 is 31.3 Å². The van der Waals surface area contributed by atoms with E-state index in [1.807, 2.05) is 0 Å². The summed E-state index contributed by atoms with van der Waals surface area (Å²) in [7, 11) is -6.97. The molecule has 0 fully saturated rings. The number of fused-ring (bicyclic) bond motifs is 1. The highest BCUT2D eigenvalue weighted by Gasteiger charge is 2.19. The van der Waals surface area contributed by atoms with Crippen LogP contribution in [0.3, 0.4) is 0 Å². The largest absolute Gasteiger partial charge is 0.301 e. The number of sulfone groups is 2. The van der Waals surface area contributed by atoms with Crippen LogP contribution in [0.2, 0.25) is 0 Å². The smallest absolute Gasteiger partial charge is 0.241 e. The molecule has 1 aromatic heterocycles. The molecule has 10 heteroatoms. The molecule has 0 bridgehead atoms. The molecule has 3 rings (SSSR count). The number of anilines is 1. The molecule has 1 heterocycles. The van der Waals surface area contributed by atoms with E-state index in [2.05, 4.69) is 10.3 Å². The first kappa shape index (κ1) is 19.5. The van der Waals surface area contributed by atoms with Gasteiger partial charge in [-0.05, 0) is 23.8 Å². The molecule has 3 aromatic rings. The quantitative estimate of drug-likeness (QED) is 0.650. The number of carbonyl (C=O) groups excluding carboxylic acids is 1. The second-order valence-electron chi connectivity index (χ2n) is 5.99. The molecule has 0 aliphatic heterocycles. The van der Waals surface area contributed by atoms with Crippen molar-refractivity contribution in [3.8, 4) is 0 Å². The van der Waals surface area contributed by atoms with Gasteiger partial charge in [0.2, 0.25) is 5.91 Å². The predicted molar refractivity (Wildman–Crippen MR) is 105 cm³/mol. The zero-order valence-electron chi connectivity index (χ0n) is 14.2. The molecule has 7 nitrogen and oxygen atoms in total. The fraction of sp³-hybridized carbons (Fsp3) is 0.176. The van der Waals surface area contributed by atoms with Crippen LogP contribution in [0, 0.1) is 0 Å². The Bertz CT molecular complexity index is 1200. The van der Waals surface area contributed by atoms with Gasteiger partial charge in [0.1, 0.15) is 5.75 Å². The number of benzene rings is 2. The lowest BCUT2D eigenvalue weighted by molar-refractivity contribution is -0.113. The number of hydrogen-bond donors (Lipinski definition) is 1. The predicted octanol–water partition coefficient (Wildman–Crippen LogP) is 2.25. The van der Waals surface area contributed by atoms with E-state index in [0.29, 0.717) is 15.8 Å². The lowest BCUT2D eigenvalue weighted by Crippen LogP contribution is -2.23. The van der Waals surface area contributed by atoms with E-state index in [1.54, 1.807) is 36.4 Å². The number of amides is 1. The minimum atomic E-state index is -3.62. The number of rotatable bonds is 6. The Kier molecular flexibility index (Phi) is 5.31. The van der Waals surface area contributed by atoms with E-state index in [0.717, 1.165) is 17.6 Å². The number of nitrogens with one attached hydrogen (secondary N) is 1. The van der Waals surface area contributed by atoms with Crippen molar-refractivity contribution < 1.29 is 21.6 Å². The first-order valence-corrected chi connectivity index (χ1v) is 12.3. The second-order valence-corrected chi connectivity index (χ2v) is 11.1. The lowest BCUT2D eigenvalue weighted by Gasteiger charge is -2.04. The van der Waals surface area contributed by atoms with Crippen molar-refractivity contribution in [2.75, 3.05) is 17.3 Å². The topological polar surface area (TPSA) is 110 Å². The van der Waals surface area contributed by atoms with Crippen molar-refractivity contribution in [1.82, 2.24) is 4.98 Å². The molecule has 2 aromatic carbocycles. The monoisotopic (exact) mass is 424 g/mol. The van der Waals surface area contributed by atoms with Crippen molar-refractivity contribution >= 4 is 52.3 Å². The number of aromatic nitrogens is 1. The molecule has 0 saturated heterocycles. The average molecular weight is 425 g/mol. The minimum absolute atomic E-state index is 0.155. The van der Waals surface area contributed by atoms with Crippen molar-refractivity contribution in [2.24, 2.45) is 0 Å². The van der Waals surface area contributed by atoms with E-state index in [1.165, 1.54) is 12.1 Å². The van der Waals surface area contributed by atoms with Crippen LogP contribution in [-0.4, -0.2) is 39.7 Å². The van der Waals surface area contributed by atoms with Gasteiger partial charge in [0.05, 0.1) is 20.9 Å². The summed E-state index contributed by atoms with van der Waals surface area (Å²) in [5.41, 5.74) is 1.13. The summed E-state index contributed by atoms with van der Waals surface area (Å²) in [6.07, 6.45) is 1.11. The van der Waals surface area contributed by atoms with Crippen LogP contribution in [-0.2, 0) is 30.2 Å². The molecule has 1 N–H and O–H groups in total. The van der Waals surface area contributed by atoms with Gasteiger partial charge in [0.25, 0.3) is 0 Å². The van der Waals surface area contributed by atoms with Crippen LogP contribution in [0.1, 0.15) is 5.56 Å². The Morgan fingerprint density at radius 3 is 2.44 bits per heavy atom. The van der Waals surface area contributed by atoms with Crippen molar-refractivity contribution in [3.05, 3.63) is 54.1 Å². The highest BCUT2D eigenvalue weighted by Crippen LogP contribution is 2.28. The zero-order chi connectivity index (χ0) is 19.7. The minimum Gasteiger partial charge on any atom is -0.301 e. The highest BCUT2D eigenvalue weighted by molar-refractivity contribution is 7.91. The molecule has 0 unspecified atom stereocenters. The van der Waals surface area contributed by atoms with Gasteiger partial charge in [-0.25, -0.2) is 21.8 Å². The maximum Gasteiger partial charge on any atom is 0.241 e. The zero-order valence-corrected chi connectivity index (χ0v) is 16.7. The summed E-state index contributed by atoms with van der Waals surface area (Å²) in [5.74, 6) is -1.57. The molecule has 0 radical (unpaired) electrons. The summed E-state index contributed by atoms with van der Waals surface area (Å²) in [5, 5.41) is 2.69. The number of thiazole rings is 1. The third-order valence-electron chi connectivity index (χ3n) is 3.61. The van der Waals surface area contributed by atoms with Crippen LogP contribution in [0.4, 0.5) is 5.13 Å².